The second-order valence-electron chi connectivity index (χ2n) is 12.2. The Balaban J connectivity index is 1.13. The topological polar surface area (TPSA) is 124 Å². The summed E-state index contributed by atoms with van der Waals surface area (Å²) in [6, 6.07) is 12.1. The molecule has 1 aromatic carbocycles. The number of para-hydroxylation sites is 1. The van der Waals surface area contributed by atoms with Crippen molar-refractivity contribution in [3.05, 3.63) is 71.5 Å². The lowest BCUT2D eigenvalue weighted by molar-refractivity contribution is -0.138. The number of nitrogens with zero attached hydrogens (tertiary/aromatic N) is 4. The maximum atomic E-state index is 13.8. The van der Waals surface area contributed by atoms with Crippen molar-refractivity contribution in [2.24, 2.45) is 5.41 Å². The highest BCUT2D eigenvalue weighted by Crippen LogP contribution is 2.34. The number of rotatable bonds is 5. The van der Waals surface area contributed by atoms with Gasteiger partial charge in [-0.25, -0.2) is 0 Å². The molecule has 2 aliphatic heterocycles. The molecule has 41 heavy (non-hydrogen) atoms. The fourth-order valence-electron chi connectivity index (χ4n) is 6.12. The number of nitrogens with one attached hydrogen (secondary N) is 2. The van der Waals surface area contributed by atoms with Gasteiger partial charge >= 0.3 is 0 Å². The van der Waals surface area contributed by atoms with E-state index < -0.39 is 11.5 Å². The highest BCUT2D eigenvalue weighted by molar-refractivity contribution is 6.00. The van der Waals surface area contributed by atoms with Crippen molar-refractivity contribution in [1.82, 2.24) is 30.2 Å². The van der Waals surface area contributed by atoms with Gasteiger partial charge in [0.15, 0.2) is 0 Å². The average Bonchev–Trinajstić information content (AvgIpc) is 3.73. The monoisotopic (exact) mass is 554 g/mol. The lowest BCUT2D eigenvalue weighted by Gasteiger charge is -2.39. The molecule has 2 fully saturated rings. The number of amides is 3. The van der Waals surface area contributed by atoms with Crippen LogP contribution in [0.3, 0.4) is 0 Å². The van der Waals surface area contributed by atoms with Crippen LogP contribution in [0.15, 0.2) is 53.2 Å². The third kappa shape index (κ3) is 4.77. The first-order valence-electron chi connectivity index (χ1n) is 13.9. The zero-order chi connectivity index (χ0) is 29.1. The number of H-pyrrole nitrogens is 1. The van der Waals surface area contributed by atoms with Gasteiger partial charge in [0.2, 0.25) is 5.91 Å². The third-order valence-corrected chi connectivity index (χ3v) is 8.25. The van der Waals surface area contributed by atoms with Crippen molar-refractivity contribution in [3.63, 3.8) is 0 Å². The molecule has 2 aliphatic rings. The smallest absolute Gasteiger partial charge is 0.272 e. The zero-order valence-corrected chi connectivity index (χ0v) is 23.9. The normalized spacial score (nSPS) is 19.1. The molecule has 2 bridgehead atoms. The van der Waals surface area contributed by atoms with Crippen LogP contribution in [0.2, 0.25) is 0 Å². The molecular weight excluding hydrogens is 520 g/mol. The molecule has 0 aliphatic carbocycles. The second kappa shape index (κ2) is 9.87. The predicted octanol–water partition coefficient (Wildman–Crippen LogP) is 4.10. The first kappa shape index (κ1) is 26.7. The van der Waals surface area contributed by atoms with Crippen molar-refractivity contribution in [2.75, 3.05) is 13.1 Å². The van der Waals surface area contributed by atoms with Gasteiger partial charge in [-0.05, 0) is 43.9 Å². The molecule has 3 aromatic heterocycles. The number of aryl methyl sites for hydroxylation is 2. The van der Waals surface area contributed by atoms with Crippen LogP contribution in [0.25, 0.3) is 22.0 Å². The van der Waals surface area contributed by atoms with E-state index in [0.717, 1.165) is 27.7 Å². The molecule has 6 rings (SSSR count). The fraction of sp³-hybridized carbons (Fsp3) is 0.387. The number of piperazine rings is 1. The quantitative estimate of drug-likeness (QED) is 0.383. The van der Waals surface area contributed by atoms with E-state index in [0.29, 0.717) is 36.7 Å². The second-order valence-corrected chi connectivity index (χ2v) is 12.2. The number of likely N-dealkylation sites (tertiary alicyclic amines) is 2. The molecule has 10 heteroatoms. The number of hydrogen-bond acceptors (Lipinski definition) is 6. The highest BCUT2D eigenvalue weighted by Gasteiger charge is 2.50. The van der Waals surface area contributed by atoms with Crippen molar-refractivity contribution in [1.29, 1.82) is 0 Å². The van der Waals surface area contributed by atoms with Crippen LogP contribution >= 0.6 is 0 Å². The fourth-order valence-corrected chi connectivity index (χ4v) is 6.12. The Morgan fingerprint density at radius 1 is 1.05 bits per heavy atom. The maximum absolute atomic E-state index is 13.8. The predicted molar refractivity (Wildman–Crippen MR) is 153 cm³/mol. The van der Waals surface area contributed by atoms with Gasteiger partial charge in [-0.1, -0.05) is 50.2 Å². The molecule has 0 spiro atoms. The minimum Gasteiger partial charge on any atom is -0.361 e. The van der Waals surface area contributed by atoms with E-state index in [4.69, 9.17) is 4.52 Å². The summed E-state index contributed by atoms with van der Waals surface area (Å²) in [4.78, 5) is 51.7. The molecule has 0 unspecified atom stereocenters. The summed E-state index contributed by atoms with van der Waals surface area (Å²) in [5.74, 6) is 0.121. The first-order valence-corrected chi connectivity index (χ1v) is 13.9. The molecule has 0 saturated carbocycles. The molecule has 212 valence electrons. The average molecular weight is 555 g/mol. The van der Waals surface area contributed by atoms with E-state index in [1.807, 2.05) is 74.8 Å². The van der Waals surface area contributed by atoms with Crippen molar-refractivity contribution < 1.29 is 18.9 Å². The lowest BCUT2D eigenvalue weighted by atomic mass is 9.85. The SMILES string of the molecule is Cc1noc(C)c1-c1ccc(C(=O)N2C[C@@H]3C[C@H]2CN3C(=O)[C@@H](NC(=O)c2cc3ccccc3[nH]2)C(C)(C)C)nc1. The van der Waals surface area contributed by atoms with Gasteiger partial charge in [-0.2, -0.15) is 0 Å². The summed E-state index contributed by atoms with van der Waals surface area (Å²) in [6.45, 7) is 10.4. The number of carbonyl (C=O) groups excluding carboxylic acids is 3. The van der Waals surface area contributed by atoms with Gasteiger partial charge in [0.25, 0.3) is 11.8 Å². The summed E-state index contributed by atoms with van der Waals surface area (Å²) in [7, 11) is 0. The van der Waals surface area contributed by atoms with E-state index in [-0.39, 0.29) is 29.8 Å². The molecule has 3 amide bonds. The largest absolute Gasteiger partial charge is 0.361 e. The molecule has 3 atom stereocenters. The number of pyridine rings is 1. The molecule has 5 heterocycles. The number of carbonyl (C=O) groups is 3. The number of aromatic nitrogens is 3. The van der Waals surface area contributed by atoms with Crippen LogP contribution < -0.4 is 5.32 Å². The molecule has 10 nitrogen and oxygen atoms in total. The third-order valence-electron chi connectivity index (χ3n) is 8.25. The lowest BCUT2D eigenvalue weighted by Crippen LogP contribution is -2.59. The van der Waals surface area contributed by atoms with Gasteiger partial charge in [-0.15, -0.1) is 0 Å². The number of hydrogen-bond donors (Lipinski definition) is 2. The Hall–Kier alpha value is -4.47. The number of aromatic amines is 1. The minimum absolute atomic E-state index is 0.0921. The summed E-state index contributed by atoms with van der Waals surface area (Å²) in [5, 5.41) is 7.92. The van der Waals surface area contributed by atoms with E-state index in [2.05, 4.69) is 20.4 Å². The summed E-state index contributed by atoms with van der Waals surface area (Å²) >= 11 is 0. The van der Waals surface area contributed by atoms with Gasteiger partial charge in [0.1, 0.15) is 23.2 Å². The van der Waals surface area contributed by atoms with Crippen LogP contribution in [-0.4, -0.2) is 73.9 Å². The number of fused-ring (bicyclic) bond motifs is 3. The van der Waals surface area contributed by atoms with Crippen LogP contribution in [-0.2, 0) is 4.79 Å². The Bertz CT molecular complexity index is 1590. The standard InChI is InChI=1S/C31H34N6O4/c1-17-26(18(2)41-35-17)20-10-11-24(32-14-20)29(39)36-15-22-13-21(36)16-37(22)30(40)27(31(3,4)5)34-28(38)25-12-19-8-6-7-9-23(19)33-25/h6-12,14,21-22,27,33H,13,15-16H2,1-5H3,(H,34,38)/t21-,22-,27+/m0/s1. The minimum atomic E-state index is -0.719. The molecular formula is C31H34N6O4. The zero-order valence-electron chi connectivity index (χ0n) is 23.9. The Morgan fingerprint density at radius 3 is 2.39 bits per heavy atom. The number of benzene rings is 1. The van der Waals surface area contributed by atoms with E-state index in [1.165, 1.54) is 0 Å². The van der Waals surface area contributed by atoms with Crippen LogP contribution in [0.5, 0.6) is 0 Å². The van der Waals surface area contributed by atoms with E-state index >= 15 is 0 Å². The summed E-state index contributed by atoms with van der Waals surface area (Å²) in [6.07, 6.45) is 2.38. The Labute approximate surface area is 238 Å². The van der Waals surface area contributed by atoms with Crippen molar-refractivity contribution in [3.8, 4) is 11.1 Å². The van der Waals surface area contributed by atoms with E-state index in [9.17, 15) is 14.4 Å². The van der Waals surface area contributed by atoms with Gasteiger partial charge in [-0.3, -0.25) is 19.4 Å². The maximum Gasteiger partial charge on any atom is 0.272 e. The molecule has 4 aromatic rings. The van der Waals surface area contributed by atoms with Gasteiger partial charge < -0.3 is 24.6 Å². The first-order chi connectivity index (χ1) is 19.5. The molecule has 2 saturated heterocycles. The summed E-state index contributed by atoms with van der Waals surface area (Å²) in [5.41, 5.74) is 3.64. The van der Waals surface area contributed by atoms with Crippen molar-refractivity contribution >= 4 is 28.6 Å². The molecule has 0 radical (unpaired) electrons. The molecule has 2 N–H and O–H groups in total. The summed E-state index contributed by atoms with van der Waals surface area (Å²) < 4.78 is 5.26. The Morgan fingerprint density at radius 2 is 1.78 bits per heavy atom. The van der Waals surface area contributed by atoms with Gasteiger partial charge in [0, 0.05) is 41.3 Å². The van der Waals surface area contributed by atoms with E-state index in [1.54, 1.807) is 18.3 Å². The van der Waals surface area contributed by atoms with Crippen LogP contribution in [0.4, 0.5) is 0 Å². The van der Waals surface area contributed by atoms with Crippen molar-refractivity contribution in [2.45, 2.75) is 59.2 Å². The van der Waals surface area contributed by atoms with Gasteiger partial charge in [0.05, 0.1) is 17.8 Å². The Kier molecular flexibility index (Phi) is 6.43. The highest BCUT2D eigenvalue weighted by atomic mass is 16.5. The van der Waals surface area contributed by atoms with Crippen LogP contribution in [0.1, 0.15) is 59.6 Å². The van der Waals surface area contributed by atoms with Crippen LogP contribution in [0, 0.1) is 19.3 Å².